The Labute approximate surface area is 137 Å². The summed E-state index contributed by atoms with van der Waals surface area (Å²) >= 11 is 0. The van der Waals surface area contributed by atoms with Gasteiger partial charge in [0.2, 0.25) is 11.8 Å². The van der Waals surface area contributed by atoms with Gasteiger partial charge in [-0.3, -0.25) is 14.9 Å². The average Bonchev–Trinajstić information content (AvgIpc) is 2.90. The van der Waals surface area contributed by atoms with Crippen molar-refractivity contribution in [2.24, 2.45) is 0 Å². The third-order valence-electron chi connectivity index (χ3n) is 4.47. The highest BCUT2D eigenvalue weighted by molar-refractivity contribution is 6.09. The Hall–Kier alpha value is -3.02. The number of rotatable bonds is 3. The summed E-state index contributed by atoms with van der Waals surface area (Å²) in [5.41, 5.74) is 2.52. The third kappa shape index (κ3) is 2.19. The second-order valence-corrected chi connectivity index (χ2v) is 5.93. The van der Waals surface area contributed by atoms with Crippen LogP contribution in [0.2, 0.25) is 0 Å². The van der Waals surface area contributed by atoms with Crippen LogP contribution in [0.5, 0.6) is 0 Å². The maximum absolute atomic E-state index is 12.3. The largest absolute Gasteiger partial charge is 0.313 e. The molecule has 1 aromatic carbocycles. The van der Waals surface area contributed by atoms with Gasteiger partial charge in [-0.1, -0.05) is 6.07 Å². The van der Waals surface area contributed by atoms with Crippen LogP contribution >= 0.6 is 0 Å². The number of piperidine rings is 1. The van der Waals surface area contributed by atoms with E-state index in [0.29, 0.717) is 24.9 Å². The lowest BCUT2D eigenvalue weighted by molar-refractivity contribution is -0.135. The van der Waals surface area contributed by atoms with Crippen molar-refractivity contribution in [2.45, 2.75) is 25.3 Å². The molecule has 0 radical (unpaired) electrons. The Kier molecular flexibility index (Phi) is 3.37. The monoisotopic (exact) mass is 321 g/mol. The van der Waals surface area contributed by atoms with Crippen molar-refractivity contribution in [3.05, 3.63) is 42.1 Å². The van der Waals surface area contributed by atoms with Gasteiger partial charge in [-0.25, -0.2) is 4.98 Å². The summed E-state index contributed by atoms with van der Waals surface area (Å²) in [6.07, 6.45) is 3.68. The Bertz CT molecular complexity index is 990. The fourth-order valence-electron chi connectivity index (χ4n) is 3.39. The summed E-state index contributed by atoms with van der Waals surface area (Å²) in [6.45, 7) is 0. The zero-order chi connectivity index (χ0) is 16.7. The molecule has 3 heterocycles. The number of carbonyl (C=O) groups is 3. The van der Waals surface area contributed by atoms with Crippen LogP contribution in [-0.2, 0) is 20.8 Å². The van der Waals surface area contributed by atoms with Crippen molar-refractivity contribution in [2.75, 3.05) is 0 Å². The summed E-state index contributed by atoms with van der Waals surface area (Å²) in [6, 6.07) is 9.11. The molecule has 0 saturated carbocycles. The first kappa shape index (κ1) is 14.6. The molecule has 2 aromatic heterocycles. The van der Waals surface area contributed by atoms with E-state index in [4.69, 9.17) is 0 Å². The number of hydrogen-bond acceptors (Lipinski definition) is 4. The van der Waals surface area contributed by atoms with Gasteiger partial charge in [-0.2, -0.15) is 0 Å². The van der Waals surface area contributed by atoms with Crippen molar-refractivity contribution >= 4 is 40.0 Å². The minimum absolute atomic E-state index is 0.238. The number of carbonyl (C=O) groups excluding carboxylic acids is 3. The number of nitrogens with zero attached hydrogens (tertiary/aromatic N) is 2. The molecule has 0 aliphatic carbocycles. The van der Waals surface area contributed by atoms with Gasteiger partial charge in [-0.15, -0.1) is 0 Å². The van der Waals surface area contributed by atoms with Crippen LogP contribution in [0.1, 0.15) is 24.4 Å². The smallest absolute Gasteiger partial charge is 0.249 e. The predicted molar refractivity (Wildman–Crippen MR) is 88.4 cm³/mol. The molecule has 0 spiro atoms. The molecule has 1 fully saturated rings. The highest BCUT2D eigenvalue weighted by atomic mass is 16.2. The quantitative estimate of drug-likeness (QED) is 0.590. The molecular weight excluding hydrogens is 306 g/mol. The Morgan fingerprint density at radius 1 is 1.25 bits per heavy atom. The lowest BCUT2D eigenvalue weighted by Crippen LogP contribution is -2.41. The second kappa shape index (κ2) is 5.56. The van der Waals surface area contributed by atoms with Crippen LogP contribution in [0.4, 0.5) is 0 Å². The van der Waals surface area contributed by atoms with Crippen LogP contribution in [0, 0.1) is 0 Å². The van der Waals surface area contributed by atoms with Gasteiger partial charge in [0.25, 0.3) is 0 Å². The van der Waals surface area contributed by atoms with E-state index < -0.39 is 6.04 Å². The summed E-state index contributed by atoms with van der Waals surface area (Å²) in [7, 11) is 0. The minimum Gasteiger partial charge on any atom is -0.313 e. The number of nitrogens with one attached hydrogen (secondary N) is 1. The van der Waals surface area contributed by atoms with Crippen molar-refractivity contribution in [3.63, 3.8) is 0 Å². The van der Waals surface area contributed by atoms with Gasteiger partial charge in [0.15, 0.2) is 0 Å². The van der Waals surface area contributed by atoms with Gasteiger partial charge in [0.1, 0.15) is 18.0 Å². The first-order valence-corrected chi connectivity index (χ1v) is 7.84. The Morgan fingerprint density at radius 2 is 2.12 bits per heavy atom. The van der Waals surface area contributed by atoms with Crippen LogP contribution in [0.3, 0.4) is 0 Å². The van der Waals surface area contributed by atoms with Crippen molar-refractivity contribution in [1.82, 2.24) is 14.9 Å². The van der Waals surface area contributed by atoms with Crippen molar-refractivity contribution < 1.29 is 14.4 Å². The molecule has 1 unspecified atom stereocenters. The van der Waals surface area contributed by atoms with E-state index in [9.17, 15) is 14.4 Å². The van der Waals surface area contributed by atoms with Gasteiger partial charge >= 0.3 is 0 Å². The molecule has 1 aliphatic rings. The summed E-state index contributed by atoms with van der Waals surface area (Å²) in [5.74, 6) is -0.536. The molecule has 4 rings (SSSR count). The number of amides is 2. The molecular formula is C18H15N3O3. The van der Waals surface area contributed by atoms with E-state index in [1.807, 2.05) is 34.9 Å². The Balaban J connectivity index is 1.97. The molecule has 1 atom stereocenters. The molecule has 2 amide bonds. The van der Waals surface area contributed by atoms with E-state index in [-0.39, 0.29) is 11.8 Å². The topological polar surface area (TPSA) is 81.1 Å². The van der Waals surface area contributed by atoms with E-state index in [2.05, 4.69) is 10.3 Å². The first-order chi connectivity index (χ1) is 11.7. The lowest BCUT2D eigenvalue weighted by atomic mass is 10.1. The molecule has 120 valence electrons. The predicted octanol–water partition coefficient (Wildman–Crippen LogP) is 1.91. The molecule has 1 aliphatic heterocycles. The third-order valence-corrected chi connectivity index (χ3v) is 4.47. The standard InChI is InChI=1S/C18H15N3O3/c22-9-7-11-3-4-14-13(10-11)12-2-1-8-19-17(12)21(14)15-5-6-16(23)20-18(15)24/h1-4,8-10,15H,5-7H2,(H,20,23,24). The highest BCUT2D eigenvalue weighted by Crippen LogP contribution is 2.33. The summed E-state index contributed by atoms with van der Waals surface area (Å²) in [4.78, 5) is 39.0. The van der Waals surface area contributed by atoms with Crippen LogP contribution in [0.25, 0.3) is 21.9 Å². The van der Waals surface area contributed by atoms with Crippen LogP contribution < -0.4 is 5.32 Å². The zero-order valence-corrected chi connectivity index (χ0v) is 12.9. The lowest BCUT2D eigenvalue weighted by Gasteiger charge is -2.23. The minimum atomic E-state index is -0.463. The number of aldehydes is 1. The van der Waals surface area contributed by atoms with Crippen LogP contribution in [0.15, 0.2) is 36.5 Å². The fraction of sp³-hybridized carbons (Fsp3) is 0.222. The number of imide groups is 1. The molecule has 1 N–H and O–H groups in total. The molecule has 1 saturated heterocycles. The van der Waals surface area contributed by atoms with Gasteiger partial charge in [0, 0.05) is 29.8 Å². The zero-order valence-electron chi connectivity index (χ0n) is 12.9. The van der Waals surface area contributed by atoms with Crippen molar-refractivity contribution in [3.8, 4) is 0 Å². The highest BCUT2D eigenvalue weighted by Gasteiger charge is 2.30. The summed E-state index contributed by atoms with van der Waals surface area (Å²) in [5, 5.41) is 4.30. The molecule has 24 heavy (non-hydrogen) atoms. The maximum Gasteiger partial charge on any atom is 0.249 e. The van der Waals surface area contributed by atoms with Gasteiger partial charge in [-0.05, 0) is 36.2 Å². The number of pyridine rings is 1. The first-order valence-electron chi connectivity index (χ1n) is 7.84. The van der Waals surface area contributed by atoms with Crippen molar-refractivity contribution in [1.29, 1.82) is 0 Å². The van der Waals surface area contributed by atoms with Crippen LogP contribution in [-0.4, -0.2) is 27.7 Å². The van der Waals surface area contributed by atoms with E-state index in [0.717, 1.165) is 28.1 Å². The second-order valence-electron chi connectivity index (χ2n) is 5.93. The average molecular weight is 321 g/mol. The Morgan fingerprint density at radius 3 is 2.92 bits per heavy atom. The van der Waals surface area contributed by atoms with E-state index >= 15 is 0 Å². The molecule has 0 bridgehead atoms. The normalized spacial score (nSPS) is 18.1. The summed E-state index contributed by atoms with van der Waals surface area (Å²) < 4.78 is 1.90. The molecule has 3 aromatic rings. The number of fused-ring (bicyclic) bond motifs is 3. The maximum atomic E-state index is 12.3. The molecule has 6 heteroatoms. The number of hydrogen-bond donors (Lipinski definition) is 1. The van der Waals surface area contributed by atoms with E-state index in [1.165, 1.54) is 0 Å². The molecule has 6 nitrogen and oxygen atoms in total. The number of benzene rings is 1. The fourth-order valence-corrected chi connectivity index (χ4v) is 3.39. The number of aromatic nitrogens is 2. The van der Waals surface area contributed by atoms with E-state index in [1.54, 1.807) is 6.20 Å². The SMILES string of the molecule is O=CCc1ccc2c(c1)c1cccnc1n2C1CCC(=O)NC1=O. The van der Waals surface area contributed by atoms with Gasteiger partial charge in [0.05, 0.1) is 5.52 Å². The van der Waals surface area contributed by atoms with Gasteiger partial charge < -0.3 is 9.36 Å².